The Morgan fingerprint density at radius 2 is 2.08 bits per heavy atom. The number of rotatable bonds is 5. The van der Waals surface area contributed by atoms with Crippen LogP contribution in [0.5, 0.6) is 0 Å². The van der Waals surface area contributed by atoms with Crippen molar-refractivity contribution >= 4 is 16.9 Å². The number of nitrogens with zero attached hydrogens (tertiary/aromatic N) is 4. The number of carbonyl (C=O) groups excluding carboxylic acids is 1. The van der Waals surface area contributed by atoms with Crippen molar-refractivity contribution in [3.05, 3.63) is 24.0 Å². The minimum Gasteiger partial charge on any atom is -0.388 e. The van der Waals surface area contributed by atoms with Gasteiger partial charge in [-0.2, -0.15) is 5.10 Å². The number of hydrogen-bond donors (Lipinski definition) is 1. The minimum atomic E-state index is -0.732. The molecule has 1 fully saturated rings. The van der Waals surface area contributed by atoms with E-state index in [1.54, 1.807) is 24.3 Å². The molecule has 0 radical (unpaired) electrons. The average molecular weight is 330 g/mol. The summed E-state index contributed by atoms with van der Waals surface area (Å²) in [6, 6.07) is 1.84. The Hall–Kier alpha value is -1.95. The van der Waals surface area contributed by atoms with Gasteiger partial charge in [0.2, 0.25) is 0 Å². The fraction of sp³-hybridized carbons (Fsp3) is 0.611. The Morgan fingerprint density at radius 3 is 2.75 bits per heavy atom. The topological polar surface area (TPSA) is 71.2 Å². The first-order valence-electron chi connectivity index (χ1n) is 8.67. The first-order valence-corrected chi connectivity index (χ1v) is 8.67. The van der Waals surface area contributed by atoms with Gasteiger partial charge in [-0.15, -0.1) is 0 Å². The van der Waals surface area contributed by atoms with Gasteiger partial charge in [-0.3, -0.25) is 4.79 Å². The number of pyridine rings is 1. The summed E-state index contributed by atoms with van der Waals surface area (Å²) in [4.78, 5) is 18.7. The highest BCUT2D eigenvalue weighted by Crippen LogP contribution is 2.30. The van der Waals surface area contributed by atoms with E-state index in [1.165, 1.54) is 0 Å². The summed E-state index contributed by atoms with van der Waals surface area (Å²) in [6.07, 6.45) is 6.96. The highest BCUT2D eigenvalue weighted by Gasteiger charge is 2.33. The number of amides is 1. The van der Waals surface area contributed by atoms with Crippen LogP contribution in [0.2, 0.25) is 0 Å². The summed E-state index contributed by atoms with van der Waals surface area (Å²) >= 11 is 0. The summed E-state index contributed by atoms with van der Waals surface area (Å²) in [5.41, 5.74) is 0.609. The van der Waals surface area contributed by atoms with E-state index in [-0.39, 0.29) is 5.91 Å². The number of carbonyl (C=O) groups is 1. The Balaban J connectivity index is 1.77. The van der Waals surface area contributed by atoms with Crippen LogP contribution in [0.15, 0.2) is 18.5 Å². The number of likely N-dealkylation sites (N-methyl/N-ethyl adjacent to an activating group) is 1. The van der Waals surface area contributed by atoms with Gasteiger partial charge in [-0.05, 0) is 24.8 Å². The van der Waals surface area contributed by atoms with Gasteiger partial charge in [0, 0.05) is 31.7 Å². The van der Waals surface area contributed by atoms with E-state index in [4.69, 9.17) is 0 Å². The predicted molar refractivity (Wildman–Crippen MR) is 92.7 cm³/mol. The van der Waals surface area contributed by atoms with Gasteiger partial charge in [0.05, 0.1) is 17.4 Å². The summed E-state index contributed by atoms with van der Waals surface area (Å²) in [5, 5.41) is 15.7. The second-order valence-corrected chi connectivity index (χ2v) is 7.45. The van der Waals surface area contributed by atoms with Gasteiger partial charge in [0.15, 0.2) is 5.65 Å². The fourth-order valence-electron chi connectivity index (χ4n) is 3.49. The lowest BCUT2D eigenvalue weighted by molar-refractivity contribution is 0.0156. The van der Waals surface area contributed by atoms with Crippen molar-refractivity contribution in [1.29, 1.82) is 0 Å². The van der Waals surface area contributed by atoms with Gasteiger partial charge < -0.3 is 10.0 Å². The highest BCUT2D eigenvalue weighted by molar-refractivity contribution is 5.96. The van der Waals surface area contributed by atoms with E-state index in [2.05, 4.69) is 23.9 Å². The van der Waals surface area contributed by atoms with Crippen molar-refractivity contribution < 1.29 is 9.90 Å². The fourth-order valence-corrected chi connectivity index (χ4v) is 3.49. The van der Waals surface area contributed by atoms with Gasteiger partial charge in [-0.25, -0.2) is 9.67 Å². The Labute approximate surface area is 142 Å². The maximum Gasteiger partial charge on any atom is 0.255 e. The van der Waals surface area contributed by atoms with Crippen LogP contribution >= 0.6 is 0 Å². The first kappa shape index (κ1) is 16.9. The number of aliphatic hydroxyl groups is 1. The van der Waals surface area contributed by atoms with E-state index >= 15 is 0 Å². The van der Waals surface area contributed by atoms with E-state index in [9.17, 15) is 9.90 Å². The monoisotopic (exact) mass is 330 g/mol. The smallest absolute Gasteiger partial charge is 0.255 e. The zero-order chi connectivity index (χ0) is 17.3. The maximum absolute atomic E-state index is 12.7. The molecule has 0 aliphatic heterocycles. The molecule has 2 aromatic heterocycles. The van der Waals surface area contributed by atoms with Gasteiger partial charge >= 0.3 is 0 Å². The SMILES string of the molecule is CC(C)Cn1ncc2cc(C(=O)N(C)CC3(O)CCCC3)cnc21. The summed E-state index contributed by atoms with van der Waals surface area (Å²) < 4.78 is 1.87. The van der Waals surface area contributed by atoms with Gasteiger partial charge in [-0.1, -0.05) is 26.7 Å². The van der Waals surface area contributed by atoms with Gasteiger partial charge in [0.25, 0.3) is 5.91 Å². The van der Waals surface area contributed by atoms with Crippen molar-refractivity contribution in [2.75, 3.05) is 13.6 Å². The van der Waals surface area contributed by atoms with Crippen LogP contribution in [0.3, 0.4) is 0 Å². The number of fused-ring (bicyclic) bond motifs is 1. The molecule has 3 rings (SSSR count). The Kier molecular flexibility index (Phi) is 4.58. The molecular formula is C18H26N4O2. The first-order chi connectivity index (χ1) is 11.4. The van der Waals surface area contributed by atoms with Gasteiger partial charge in [0.1, 0.15) is 0 Å². The molecule has 1 aliphatic carbocycles. The molecule has 0 unspecified atom stereocenters. The molecule has 0 aromatic carbocycles. The lowest BCUT2D eigenvalue weighted by Gasteiger charge is -2.28. The molecule has 1 aliphatic rings. The van der Waals surface area contributed by atoms with E-state index in [0.29, 0.717) is 18.0 Å². The molecule has 6 nitrogen and oxygen atoms in total. The quantitative estimate of drug-likeness (QED) is 0.914. The molecule has 1 saturated carbocycles. The standard InChI is InChI=1S/C18H26N4O2/c1-13(2)11-22-16-14(10-20-22)8-15(9-19-16)17(23)21(3)12-18(24)6-4-5-7-18/h8-10,13,24H,4-7,11-12H2,1-3H3. The van der Waals surface area contributed by atoms with Crippen molar-refractivity contribution in [3.8, 4) is 0 Å². The Bertz CT molecular complexity index is 732. The van der Waals surface area contributed by atoms with E-state index < -0.39 is 5.60 Å². The highest BCUT2D eigenvalue weighted by atomic mass is 16.3. The number of aromatic nitrogens is 3. The second-order valence-electron chi connectivity index (χ2n) is 7.45. The van der Waals surface area contributed by atoms with Crippen LogP contribution < -0.4 is 0 Å². The van der Waals surface area contributed by atoms with E-state index in [1.807, 2.05) is 10.7 Å². The maximum atomic E-state index is 12.7. The predicted octanol–water partition coefficient (Wildman–Crippen LogP) is 2.46. The largest absolute Gasteiger partial charge is 0.388 e. The van der Waals surface area contributed by atoms with Crippen LogP contribution in [-0.2, 0) is 6.54 Å². The molecule has 0 atom stereocenters. The molecule has 0 saturated heterocycles. The third kappa shape index (κ3) is 3.43. The lowest BCUT2D eigenvalue weighted by atomic mass is 10.0. The van der Waals surface area contributed by atoms with Crippen LogP contribution in [0, 0.1) is 5.92 Å². The van der Waals surface area contributed by atoms with Crippen molar-refractivity contribution in [2.24, 2.45) is 5.92 Å². The summed E-state index contributed by atoms with van der Waals surface area (Å²) in [6.45, 7) is 5.44. The Morgan fingerprint density at radius 1 is 1.38 bits per heavy atom. The minimum absolute atomic E-state index is 0.110. The molecule has 1 N–H and O–H groups in total. The molecule has 6 heteroatoms. The third-order valence-corrected chi connectivity index (χ3v) is 4.67. The molecule has 0 bridgehead atoms. The molecule has 0 spiro atoms. The second kappa shape index (κ2) is 6.51. The van der Waals surface area contributed by atoms with Crippen LogP contribution in [-0.4, -0.2) is 49.9 Å². The number of hydrogen-bond acceptors (Lipinski definition) is 4. The average Bonchev–Trinajstić information content (AvgIpc) is 3.12. The molecule has 2 aromatic rings. The van der Waals surface area contributed by atoms with Crippen LogP contribution in [0.1, 0.15) is 49.9 Å². The molecule has 1 amide bonds. The zero-order valence-corrected chi connectivity index (χ0v) is 14.7. The summed E-state index contributed by atoms with van der Waals surface area (Å²) in [5.74, 6) is 0.371. The van der Waals surface area contributed by atoms with Crippen molar-refractivity contribution in [1.82, 2.24) is 19.7 Å². The summed E-state index contributed by atoms with van der Waals surface area (Å²) in [7, 11) is 1.74. The zero-order valence-electron chi connectivity index (χ0n) is 14.7. The molecule has 2 heterocycles. The molecule has 24 heavy (non-hydrogen) atoms. The van der Waals surface area contributed by atoms with E-state index in [0.717, 1.165) is 43.3 Å². The third-order valence-electron chi connectivity index (χ3n) is 4.67. The van der Waals surface area contributed by atoms with Crippen molar-refractivity contribution in [2.45, 2.75) is 51.7 Å². The molecular weight excluding hydrogens is 304 g/mol. The van der Waals surface area contributed by atoms with Crippen molar-refractivity contribution in [3.63, 3.8) is 0 Å². The molecule has 130 valence electrons. The normalized spacial score (nSPS) is 16.9. The van der Waals surface area contributed by atoms with Crippen LogP contribution in [0.4, 0.5) is 0 Å². The lowest BCUT2D eigenvalue weighted by Crippen LogP contribution is -2.42. The van der Waals surface area contributed by atoms with Crippen LogP contribution in [0.25, 0.3) is 11.0 Å².